The summed E-state index contributed by atoms with van der Waals surface area (Å²) >= 11 is 3.47. The number of benzene rings is 2. The van der Waals surface area contributed by atoms with E-state index >= 15 is 0 Å². The van der Waals surface area contributed by atoms with Crippen LogP contribution in [-0.4, -0.2) is 13.2 Å². The fraction of sp³-hybridized carbons (Fsp3) is 0.294. The van der Waals surface area contributed by atoms with Gasteiger partial charge in [0, 0.05) is 4.47 Å². The predicted molar refractivity (Wildman–Crippen MR) is 87.3 cm³/mol. The van der Waals surface area contributed by atoms with Gasteiger partial charge in [0.15, 0.2) is 0 Å². The Hall–Kier alpha value is -1.32. The first-order valence-electron chi connectivity index (χ1n) is 6.79. The van der Waals surface area contributed by atoms with Crippen LogP contribution in [0.25, 0.3) is 0 Å². The maximum atomic E-state index is 5.77. The smallest absolute Gasteiger partial charge is 0.120 e. The highest BCUT2D eigenvalue weighted by Crippen LogP contribution is 2.26. The molecule has 1 atom stereocenters. The summed E-state index contributed by atoms with van der Waals surface area (Å²) in [6, 6.07) is 16.8. The minimum absolute atomic E-state index is 0.166. The van der Waals surface area contributed by atoms with Crippen LogP contribution in [0.1, 0.15) is 31.0 Å². The summed E-state index contributed by atoms with van der Waals surface area (Å²) in [6.07, 6.45) is 0.186. The monoisotopic (exact) mass is 333 g/mol. The average Bonchev–Trinajstić information content (AvgIpc) is 2.41. The Bertz CT molecular complexity index is 551. The van der Waals surface area contributed by atoms with E-state index in [1.165, 1.54) is 11.1 Å². The van der Waals surface area contributed by atoms with Crippen LogP contribution in [0.15, 0.2) is 53.0 Å². The van der Waals surface area contributed by atoms with Crippen LogP contribution in [0.5, 0.6) is 5.75 Å². The van der Waals surface area contributed by atoms with Crippen LogP contribution in [-0.2, 0) is 0 Å². The van der Waals surface area contributed by atoms with Crippen LogP contribution >= 0.6 is 15.9 Å². The first kappa shape index (κ1) is 15.1. The van der Waals surface area contributed by atoms with Gasteiger partial charge < -0.3 is 10.1 Å². The van der Waals surface area contributed by atoms with Gasteiger partial charge in [-0.1, -0.05) is 40.2 Å². The summed E-state index contributed by atoms with van der Waals surface area (Å²) in [5.41, 5.74) is 2.44. The fourth-order valence-electron chi connectivity index (χ4n) is 2.22. The number of nitrogens with one attached hydrogen (secondary N) is 1. The van der Waals surface area contributed by atoms with Crippen molar-refractivity contribution in [1.29, 1.82) is 0 Å². The highest BCUT2D eigenvalue weighted by molar-refractivity contribution is 9.10. The highest BCUT2D eigenvalue weighted by atomic mass is 79.9. The lowest BCUT2D eigenvalue weighted by molar-refractivity contribution is 0.242. The molecule has 1 N–H and O–H groups in total. The molecule has 0 aliphatic heterocycles. The van der Waals surface area contributed by atoms with Crippen LogP contribution in [0.2, 0.25) is 0 Å². The SMILES string of the molecule is CNC(c1ccc(Br)cc1)c1cccc(OC(C)C)c1. The number of rotatable bonds is 5. The van der Waals surface area contributed by atoms with E-state index in [1.807, 2.05) is 33.0 Å². The third kappa shape index (κ3) is 3.84. The summed E-state index contributed by atoms with van der Waals surface area (Å²) in [7, 11) is 1.97. The van der Waals surface area contributed by atoms with Gasteiger partial charge in [0.2, 0.25) is 0 Å². The largest absolute Gasteiger partial charge is 0.491 e. The van der Waals surface area contributed by atoms with E-state index in [0.717, 1.165) is 10.2 Å². The third-order valence-corrected chi connectivity index (χ3v) is 3.58. The van der Waals surface area contributed by atoms with Crippen molar-refractivity contribution in [2.24, 2.45) is 0 Å². The van der Waals surface area contributed by atoms with Crippen molar-refractivity contribution in [3.05, 3.63) is 64.1 Å². The van der Waals surface area contributed by atoms with Crippen molar-refractivity contribution in [1.82, 2.24) is 5.32 Å². The molecule has 106 valence electrons. The van der Waals surface area contributed by atoms with E-state index in [-0.39, 0.29) is 12.1 Å². The molecular weight excluding hydrogens is 314 g/mol. The molecule has 2 rings (SSSR count). The standard InChI is InChI=1S/C17H20BrNO/c1-12(2)20-16-6-4-5-14(11-16)17(19-3)13-7-9-15(18)10-8-13/h4-12,17,19H,1-3H3. The molecule has 0 amide bonds. The third-order valence-electron chi connectivity index (χ3n) is 3.06. The highest BCUT2D eigenvalue weighted by Gasteiger charge is 2.12. The molecule has 2 aromatic carbocycles. The lowest BCUT2D eigenvalue weighted by Gasteiger charge is -2.19. The summed E-state index contributed by atoms with van der Waals surface area (Å²) in [6.45, 7) is 4.08. The van der Waals surface area contributed by atoms with E-state index in [4.69, 9.17) is 4.74 Å². The molecule has 0 saturated heterocycles. The van der Waals surface area contributed by atoms with Gasteiger partial charge in [-0.05, 0) is 56.3 Å². The Kier molecular flexibility index (Phi) is 5.21. The Morgan fingerprint density at radius 1 is 1.00 bits per heavy atom. The number of halogens is 1. The van der Waals surface area contributed by atoms with Gasteiger partial charge in [0.25, 0.3) is 0 Å². The summed E-state index contributed by atoms with van der Waals surface area (Å²) < 4.78 is 6.86. The van der Waals surface area contributed by atoms with Crippen LogP contribution in [0, 0.1) is 0 Å². The number of hydrogen-bond acceptors (Lipinski definition) is 2. The van der Waals surface area contributed by atoms with E-state index in [0.29, 0.717) is 0 Å². The fourth-order valence-corrected chi connectivity index (χ4v) is 2.48. The van der Waals surface area contributed by atoms with Crippen molar-refractivity contribution in [2.75, 3.05) is 7.05 Å². The van der Waals surface area contributed by atoms with Crippen LogP contribution < -0.4 is 10.1 Å². The summed E-state index contributed by atoms with van der Waals surface area (Å²) in [5.74, 6) is 0.912. The van der Waals surface area contributed by atoms with E-state index in [2.05, 4.69) is 57.6 Å². The van der Waals surface area contributed by atoms with Gasteiger partial charge in [0.05, 0.1) is 12.1 Å². The van der Waals surface area contributed by atoms with Gasteiger partial charge in [-0.2, -0.15) is 0 Å². The van der Waals surface area contributed by atoms with Gasteiger partial charge in [-0.25, -0.2) is 0 Å². The molecule has 0 saturated carbocycles. The van der Waals surface area contributed by atoms with Gasteiger partial charge in [-0.3, -0.25) is 0 Å². The summed E-state index contributed by atoms with van der Waals surface area (Å²) in [4.78, 5) is 0. The molecule has 20 heavy (non-hydrogen) atoms. The zero-order valence-electron chi connectivity index (χ0n) is 12.1. The predicted octanol–water partition coefficient (Wildman–Crippen LogP) is 4.55. The Labute approximate surface area is 129 Å². The number of ether oxygens (including phenoxy) is 1. The minimum atomic E-state index is 0.166. The van der Waals surface area contributed by atoms with Gasteiger partial charge in [0.1, 0.15) is 5.75 Å². The molecule has 0 fully saturated rings. The van der Waals surface area contributed by atoms with E-state index < -0.39 is 0 Å². The Morgan fingerprint density at radius 2 is 1.70 bits per heavy atom. The van der Waals surface area contributed by atoms with Crippen molar-refractivity contribution in [3.63, 3.8) is 0 Å². The van der Waals surface area contributed by atoms with E-state index in [1.54, 1.807) is 0 Å². The van der Waals surface area contributed by atoms with Crippen molar-refractivity contribution in [2.45, 2.75) is 26.0 Å². The first-order valence-corrected chi connectivity index (χ1v) is 7.59. The van der Waals surface area contributed by atoms with Gasteiger partial charge in [-0.15, -0.1) is 0 Å². The second kappa shape index (κ2) is 6.91. The number of hydrogen-bond donors (Lipinski definition) is 1. The zero-order valence-corrected chi connectivity index (χ0v) is 13.6. The first-order chi connectivity index (χ1) is 9.60. The van der Waals surface area contributed by atoms with E-state index in [9.17, 15) is 0 Å². The van der Waals surface area contributed by atoms with Gasteiger partial charge >= 0.3 is 0 Å². The van der Waals surface area contributed by atoms with Crippen molar-refractivity contribution >= 4 is 15.9 Å². The molecule has 0 bridgehead atoms. The Balaban J connectivity index is 2.29. The molecule has 0 aromatic heterocycles. The molecule has 0 heterocycles. The molecule has 3 heteroatoms. The second-order valence-electron chi connectivity index (χ2n) is 5.01. The molecule has 0 spiro atoms. The second-order valence-corrected chi connectivity index (χ2v) is 5.93. The molecule has 0 aliphatic rings. The lowest BCUT2D eigenvalue weighted by Crippen LogP contribution is -2.17. The molecule has 2 aromatic rings. The maximum absolute atomic E-state index is 5.77. The topological polar surface area (TPSA) is 21.3 Å². The summed E-state index contributed by atoms with van der Waals surface area (Å²) in [5, 5.41) is 3.36. The average molecular weight is 334 g/mol. The maximum Gasteiger partial charge on any atom is 0.120 e. The van der Waals surface area contributed by atoms with Crippen molar-refractivity contribution < 1.29 is 4.74 Å². The minimum Gasteiger partial charge on any atom is -0.491 e. The molecule has 1 unspecified atom stereocenters. The zero-order chi connectivity index (χ0) is 14.5. The normalized spacial score (nSPS) is 12.4. The van der Waals surface area contributed by atoms with Crippen LogP contribution in [0.3, 0.4) is 0 Å². The molecule has 2 nitrogen and oxygen atoms in total. The Morgan fingerprint density at radius 3 is 2.30 bits per heavy atom. The molecule has 0 radical (unpaired) electrons. The van der Waals surface area contributed by atoms with Crippen molar-refractivity contribution in [3.8, 4) is 5.75 Å². The molecule has 0 aliphatic carbocycles. The van der Waals surface area contributed by atoms with Crippen LogP contribution in [0.4, 0.5) is 0 Å². The molecular formula is C17H20BrNO. The lowest BCUT2D eigenvalue weighted by atomic mass is 9.99. The quantitative estimate of drug-likeness (QED) is 0.866.